The number of benzene rings is 3. The first kappa shape index (κ1) is 21.0. The van der Waals surface area contributed by atoms with Crippen molar-refractivity contribution in [2.45, 2.75) is 19.6 Å². The van der Waals surface area contributed by atoms with E-state index in [0.717, 1.165) is 5.56 Å². The molecule has 5 nitrogen and oxygen atoms in total. The standard InChI is InChI=1S/C25H23NO4/c1-18(24(28)26(2)17-19-11-5-3-6-12-19)30-25(29)22-16-10-9-15-21(22)23(27)20-13-7-4-8-14-20/h3-16,18H,17H2,1-2H3/t18-/m1/s1. The fourth-order valence-electron chi connectivity index (χ4n) is 3.12. The highest BCUT2D eigenvalue weighted by molar-refractivity contribution is 6.14. The zero-order valence-electron chi connectivity index (χ0n) is 16.9. The van der Waals surface area contributed by atoms with Crippen molar-refractivity contribution < 1.29 is 19.1 Å². The van der Waals surface area contributed by atoms with Crippen molar-refractivity contribution in [1.29, 1.82) is 0 Å². The monoisotopic (exact) mass is 401 g/mol. The van der Waals surface area contributed by atoms with Gasteiger partial charge in [0.2, 0.25) is 0 Å². The van der Waals surface area contributed by atoms with Crippen LogP contribution in [0.15, 0.2) is 84.9 Å². The molecule has 1 amide bonds. The zero-order chi connectivity index (χ0) is 21.5. The maximum atomic E-state index is 12.8. The van der Waals surface area contributed by atoms with Crippen LogP contribution in [0.25, 0.3) is 0 Å². The molecule has 1 atom stereocenters. The van der Waals surface area contributed by atoms with E-state index in [-0.39, 0.29) is 22.8 Å². The number of hydrogen-bond acceptors (Lipinski definition) is 4. The molecule has 3 aromatic rings. The summed E-state index contributed by atoms with van der Waals surface area (Å²) in [6, 6.07) is 24.7. The lowest BCUT2D eigenvalue weighted by molar-refractivity contribution is -0.139. The van der Waals surface area contributed by atoms with E-state index in [1.54, 1.807) is 49.5 Å². The molecule has 0 unspecified atom stereocenters. The molecule has 0 aliphatic heterocycles. The first-order valence-electron chi connectivity index (χ1n) is 9.66. The molecule has 0 radical (unpaired) electrons. The second-order valence-electron chi connectivity index (χ2n) is 6.97. The minimum Gasteiger partial charge on any atom is -0.449 e. The second kappa shape index (κ2) is 9.65. The molecular weight excluding hydrogens is 378 g/mol. The van der Waals surface area contributed by atoms with E-state index in [2.05, 4.69) is 0 Å². The third-order valence-corrected chi connectivity index (χ3v) is 4.70. The number of amides is 1. The molecule has 0 saturated carbocycles. The maximum absolute atomic E-state index is 12.8. The quantitative estimate of drug-likeness (QED) is 0.441. The maximum Gasteiger partial charge on any atom is 0.339 e. The summed E-state index contributed by atoms with van der Waals surface area (Å²) in [4.78, 5) is 39.7. The van der Waals surface area contributed by atoms with Crippen LogP contribution in [0.4, 0.5) is 0 Å². The number of likely N-dealkylation sites (N-methyl/N-ethyl adjacent to an activating group) is 1. The molecule has 30 heavy (non-hydrogen) atoms. The summed E-state index contributed by atoms with van der Waals surface area (Å²) in [6.07, 6.45) is -0.980. The van der Waals surface area contributed by atoms with Crippen molar-refractivity contribution in [3.05, 3.63) is 107 Å². The van der Waals surface area contributed by atoms with E-state index in [0.29, 0.717) is 12.1 Å². The number of nitrogens with zero attached hydrogens (tertiary/aromatic N) is 1. The third-order valence-electron chi connectivity index (χ3n) is 4.70. The Bertz CT molecular complexity index is 1030. The number of carbonyl (C=O) groups is 3. The minimum atomic E-state index is -0.980. The van der Waals surface area contributed by atoms with Gasteiger partial charge >= 0.3 is 5.97 Å². The lowest BCUT2D eigenvalue weighted by Gasteiger charge is -2.22. The Balaban J connectivity index is 1.71. The Morgan fingerprint density at radius 1 is 0.800 bits per heavy atom. The van der Waals surface area contributed by atoms with Crippen LogP contribution in [-0.4, -0.2) is 35.7 Å². The zero-order valence-corrected chi connectivity index (χ0v) is 16.9. The molecule has 0 aliphatic carbocycles. The Morgan fingerprint density at radius 2 is 1.33 bits per heavy atom. The van der Waals surface area contributed by atoms with E-state index in [9.17, 15) is 14.4 Å². The predicted molar refractivity (Wildman–Crippen MR) is 114 cm³/mol. The molecule has 152 valence electrons. The smallest absolute Gasteiger partial charge is 0.339 e. The van der Waals surface area contributed by atoms with Crippen molar-refractivity contribution >= 4 is 17.7 Å². The van der Waals surface area contributed by atoms with Gasteiger partial charge in [-0.3, -0.25) is 9.59 Å². The Labute approximate surface area is 175 Å². The van der Waals surface area contributed by atoms with Gasteiger partial charge in [0.15, 0.2) is 11.9 Å². The summed E-state index contributed by atoms with van der Waals surface area (Å²) < 4.78 is 5.40. The summed E-state index contributed by atoms with van der Waals surface area (Å²) in [5, 5.41) is 0. The molecule has 0 fully saturated rings. The first-order chi connectivity index (χ1) is 14.5. The summed E-state index contributed by atoms with van der Waals surface area (Å²) in [6.45, 7) is 1.94. The van der Waals surface area contributed by atoms with E-state index in [4.69, 9.17) is 4.74 Å². The lowest BCUT2D eigenvalue weighted by atomic mass is 9.98. The van der Waals surface area contributed by atoms with Crippen LogP contribution in [0.1, 0.15) is 38.8 Å². The SMILES string of the molecule is C[C@@H](OC(=O)c1ccccc1C(=O)c1ccccc1)C(=O)N(C)Cc1ccccc1. The number of rotatable bonds is 7. The van der Waals surface area contributed by atoms with Gasteiger partial charge in [-0.1, -0.05) is 78.9 Å². The van der Waals surface area contributed by atoms with E-state index in [1.165, 1.54) is 17.9 Å². The van der Waals surface area contributed by atoms with Gasteiger partial charge in [0.1, 0.15) is 0 Å². The van der Waals surface area contributed by atoms with Gasteiger partial charge < -0.3 is 9.64 Å². The van der Waals surface area contributed by atoms with E-state index >= 15 is 0 Å². The van der Waals surface area contributed by atoms with Gasteiger partial charge in [-0.15, -0.1) is 0 Å². The van der Waals surface area contributed by atoms with Gasteiger partial charge in [-0.05, 0) is 18.6 Å². The van der Waals surface area contributed by atoms with Crippen LogP contribution in [0.3, 0.4) is 0 Å². The summed E-state index contributed by atoms with van der Waals surface area (Å²) in [5.41, 5.74) is 1.83. The molecule has 5 heteroatoms. The Hall–Kier alpha value is -3.73. The first-order valence-corrected chi connectivity index (χ1v) is 9.66. The van der Waals surface area contributed by atoms with Crippen LogP contribution in [-0.2, 0) is 16.1 Å². The molecule has 0 aromatic heterocycles. The van der Waals surface area contributed by atoms with Crippen LogP contribution in [0.2, 0.25) is 0 Å². The number of ether oxygens (including phenoxy) is 1. The van der Waals surface area contributed by atoms with Crippen LogP contribution >= 0.6 is 0 Å². The van der Waals surface area contributed by atoms with Crippen LogP contribution in [0.5, 0.6) is 0 Å². The van der Waals surface area contributed by atoms with Crippen molar-refractivity contribution in [2.75, 3.05) is 7.05 Å². The molecule has 0 spiro atoms. The van der Waals surface area contributed by atoms with E-state index in [1.807, 2.05) is 36.4 Å². The van der Waals surface area contributed by atoms with Crippen LogP contribution in [0, 0.1) is 0 Å². The summed E-state index contributed by atoms with van der Waals surface area (Å²) in [7, 11) is 1.66. The summed E-state index contributed by atoms with van der Waals surface area (Å²) in [5.74, 6) is -1.30. The van der Waals surface area contributed by atoms with Gasteiger partial charge in [0.25, 0.3) is 5.91 Å². The highest BCUT2D eigenvalue weighted by Crippen LogP contribution is 2.17. The fraction of sp³-hybridized carbons (Fsp3) is 0.160. The molecule has 0 saturated heterocycles. The van der Waals surface area contributed by atoms with Crippen molar-refractivity contribution in [1.82, 2.24) is 4.90 Å². The molecule has 3 aromatic carbocycles. The van der Waals surface area contributed by atoms with Gasteiger partial charge in [-0.2, -0.15) is 0 Å². The Morgan fingerprint density at radius 3 is 1.97 bits per heavy atom. The highest BCUT2D eigenvalue weighted by Gasteiger charge is 2.25. The average Bonchev–Trinajstić information content (AvgIpc) is 2.79. The Kier molecular flexibility index (Phi) is 6.75. The third kappa shape index (κ3) is 5.00. The molecule has 3 rings (SSSR count). The van der Waals surface area contributed by atoms with Crippen LogP contribution < -0.4 is 0 Å². The topological polar surface area (TPSA) is 63.7 Å². The fourth-order valence-corrected chi connectivity index (χ4v) is 3.12. The molecular formula is C25H23NO4. The number of ketones is 1. The predicted octanol–water partition coefficient (Wildman–Crippen LogP) is 4.12. The van der Waals surface area contributed by atoms with Gasteiger partial charge in [0.05, 0.1) is 5.56 Å². The van der Waals surface area contributed by atoms with E-state index < -0.39 is 12.1 Å². The van der Waals surface area contributed by atoms with Crippen molar-refractivity contribution in [3.63, 3.8) is 0 Å². The molecule has 0 bridgehead atoms. The number of hydrogen-bond donors (Lipinski definition) is 0. The molecule has 0 aliphatic rings. The lowest BCUT2D eigenvalue weighted by Crippen LogP contribution is -2.37. The largest absolute Gasteiger partial charge is 0.449 e. The van der Waals surface area contributed by atoms with Crippen molar-refractivity contribution in [3.8, 4) is 0 Å². The van der Waals surface area contributed by atoms with Gasteiger partial charge in [0, 0.05) is 24.7 Å². The summed E-state index contributed by atoms with van der Waals surface area (Å²) >= 11 is 0. The molecule has 0 N–H and O–H groups in total. The number of carbonyl (C=O) groups excluding carboxylic acids is 3. The molecule has 0 heterocycles. The van der Waals surface area contributed by atoms with Crippen molar-refractivity contribution in [2.24, 2.45) is 0 Å². The highest BCUT2D eigenvalue weighted by atomic mass is 16.5. The normalized spacial score (nSPS) is 11.4. The number of esters is 1. The second-order valence-corrected chi connectivity index (χ2v) is 6.97. The average molecular weight is 401 g/mol. The van der Waals surface area contributed by atoms with Gasteiger partial charge in [-0.25, -0.2) is 4.79 Å². The minimum absolute atomic E-state index is 0.136.